The van der Waals surface area contributed by atoms with E-state index in [-0.39, 0.29) is 0 Å². The van der Waals surface area contributed by atoms with Crippen LogP contribution < -0.4 is 15.9 Å². The summed E-state index contributed by atoms with van der Waals surface area (Å²) in [6.07, 6.45) is 3.45. The standard InChI is InChI=1S/C28H26PS/c1-24(30-28-20-12-5-13-21-28)22-23-29(25-14-6-2-7-15-25,26-16-8-3-9-17-26)27-18-10-4-11-19-27/h2-22H,23H2,1H3/q+1/b24-22+. The first-order valence-electron chi connectivity index (χ1n) is 10.2. The van der Waals surface area contributed by atoms with Crippen LogP contribution in [0.15, 0.2) is 137 Å². The predicted molar refractivity (Wildman–Crippen MR) is 136 cm³/mol. The Kier molecular flexibility index (Phi) is 6.84. The van der Waals surface area contributed by atoms with Gasteiger partial charge in [0.05, 0.1) is 6.16 Å². The maximum absolute atomic E-state index is 2.44. The largest absolute Gasteiger partial charge is 0.116 e. The third-order valence-electron chi connectivity index (χ3n) is 5.27. The van der Waals surface area contributed by atoms with Crippen LogP contribution >= 0.6 is 19.0 Å². The van der Waals surface area contributed by atoms with Crippen molar-refractivity contribution in [3.8, 4) is 0 Å². The number of hydrogen-bond acceptors (Lipinski definition) is 1. The summed E-state index contributed by atoms with van der Waals surface area (Å²) in [5.41, 5.74) is 0. The molecular formula is C28H26PS+. The fourth-order valence-electron chi connectivity index (χ4n) is 3.79. The molecule has 4 aromatic carbocycles. The van der Waals surface area contributed by atoms with Gasteiger partial charge in [-0.3, -0.25) is 0 Å². The van der Waals surface area contributed by atoms with Gasteiger partial charge in [0, 0.05) is 4.90 Å². The molecule has 0 atom stereocenters. The van der Waals surface area contributed by atoms with Crippen LogP contribution in [0.5, 0.6) is 0 Å². The predicted octanol–water partition coefficient (Wildman–Crippen LogP) is 6.68. The van der Waals surface area contributed by atoms with Crippen LogP contribution in [0.4, 0.5) is 0 Å². The van der Waals surface area contributed by atoms with Gasteiger partial charge in [-0.15, -0.1) is 0 Å². The van der Waals surface area contributed by atoms with Crippen molar-refractivity contribution in [1.29, 1.82) is 0 Å². The number of allylic oxidation sites excluding steroid dienone is 2. The highest BCUT2D eigenvalue weighted by Gasteiger charge is 2.44. The van der Waals surface area contributed by atoms with E-state index < -0.39 is 7.26 Å². The quantitative estimate of drug-likeness (QED) is 0.235. The molecule has 0 radical (unpaired) electrons. The highest BCUT2D eigenvalue weighted by atomic mass is 32.2. The van der Waals surface area contributed by atoms with Gasteiger partial charge in [0.15, 0.2) is 0 Å². The van der Waals surface area contributed by atoms with Crippen LogP contribution in [0.2, 0.25) is 0 Å². The Morgan fingerprint density at radius 3 is 1.37 bits per heavy atom. The molecule has 0 spiro atoms. The van der Waals surface area contributed by atoms with Crippen LogP contribution in [0, 0.1) is 0 Å². The second kappa shape index (κ2) is 9.94. The zero-order valence-corrected chi connectivity index (χ0v) is 18.9. The molecule has 0 amide bonds. The number of rotatable bonds is 7. The second-order valence-corrected chi connectivity index (χ2v) is 12.1. The summed E-state index contributed by atoms with van der Waals surface area (Å²) in [5.74, 6) is 0. The number of hydrogen-bond donors (Lipinski definition) is 0. The minimum absolute atomic E-state index is 1.01. The Balaban J connectivity index is 1.82. The topological polar surface area (TPSA) is 0 Å². The van der Waals surface area contributed by atoms with Crippen molar-refractivity contribution in [1.82, 2.24) is 0 Å². The van der Waals surface area contributed by atoms with Crippen molar-refractivity contribution in [2.24, 2.45) is 0 Å². The van der Waals surface area contributed by atoms with E-state index >= 15 is 0 Å². The Bertz CT molecular complexity index is 978. The van der Waals surface area contributed by atoms with Gasteiger partial charge < -0.3 is 0 Å². The second-order valence-electron chi connectivity index (χ2n) is 7.23. The lowest BCUT2D eigenvalue weighted by Crippen LogP contribution is -2.32. The van der Waals surface area contributed by atoms with Gasteiger partial charge in [-0.2, -0.15) is 0 Å². The SMILES string of the molecule is C/C(=C\C[P+](c1ccccc1)(c1ccccc1)c1ccccc1)Sc1ccccc1. The van der Waals surface area contributed by atoms with Gasteiger partial charge >= 0.3 is 0 Å². The fourth-order valence-corrected chi connectivity index (χ4v) is 8.87. The maximum Gasteiger partial charge on any atom is 0.116 e. The third kappa shape index (κ3) is 4.59. The van der Waals surface area contributed by atoms with Crippen LogP contribution in [-0.4, -0.2) is 6.16 Å². The van der Waals surface area contributed by atoms with Gasteiger partial charge in [0.1, 0.15) is 23.2 Å². The molecular weight excluding hydrogens is 399 g/mol. The average Bonchev–Trinajstić information content (AvgIpc) is 2.82. The first kappa shape index (κ1) is 20.7. The van der Waals surface area contributed by atoms with E-state index in [1.807, 2.05) is 11.8 Å². The molecule has 0 saturated heterocycles. The van der Waals surface area contributed by atoms with E-state index in [1.165, 1.54) is 25.7 Å². The molecule has 0 nitrogen and oxygen atoms in total. The first-order valence-corrected chi connectivity index (χ1v) is 13.0. The normalized spacial score (nSPS) is 12.0. The summed E-state index contributed by atoms with van der Waals surface area (Å²) >= 11 is 1.85. The van der Waals surface area contributed by atoms with Gasteiger partial charge in [0.25, 0.3) is 0 Å². The molecule has 0 aliphatic carbocycles. The fraction of sp³-hybridized carbons (Fsp3) is 0.0714. The molecule has 0 bridgehead atoms. The smallest absolute Gasteiger partial charge is 0.0950 e. The van der Waals surface area contributed by atoms with Gasteiger partial charge in [-0.1, -0.05) is 84.6 Å². The van der Waals surface area contributed by atoms with Gasteiger partial charge in [-0.25, -0.2) is 0 Å². The average molecular weight is 426 g/mol. The molecule has 0 N–H and O–H groups in total. The molecule has 0 saturated carbocycles. The molecule has 0 unspecified atom stereocenters. The summed E-state index contributed by atoms with van der Waals surface area (Å²) in [5, 5.41) is 4.28. The van der Waals surface area contributed by atoms with Crippen molar-refractivity contribution >= 4 is 34.9 Å². The Labute approximate surface area is 185 Å². The zero-order valence-electron chi connectivity index (χ0n) is 17.2. The van der Waals surface area contributed by atoms with Crippen LogP contribution in [0.25, 0.3) is 0 Å². The minimum Gasteiger partial charge on any atom is -0.0950 e. The number of benzene rings is 4. The monoisotopic (exact) mass is 425 g/mol. The van der Waals surface area contributed by atoms with E-state index in [2.05, 4.69) is 134 Å². The number of thioether (sulfide) groups is 1. The lowest BCUT2D eigenvalue weighted by atomic mass is 10.4. The minimum atomic E-state index is -1.80. The molecule has 4 rings (SSSR count). The molecule has 30 heavy (non-hydrogen) atoms. The van der Waals surface area contributed by atoms with Crippen molar-refractivity contribution in [2.45, 2.75) is 11.8 Å². The molecule has 0 aliphatic heterocycles. The van der Waals surface area contributed by atoms with Crippen molar-refractivity contribution in [2.75, 3.05) is 6.16 Å². The molecule has 148 valence electrons. The van der Waals surface area contributed by atoms with Crippen molar-refractivity contribution < 1.29 is 0 Å². The first-order chi connectivity index (χ1) is 14.8. The molecule has 4 aromatic rings. The lowest BCUT2D eigenvalue weighted by Gasteiger charge is -2.26. The highest BCUT2D eigenvalue weighted by Crippen LogP contribution is 2.55. The van der Waals surface area contributed by atoms with Crippen LogP contribution in [0.1, 0.15) is 6.92 Å². The molecule has 0 fully saturated rings. The third-order valence-corrected chi connectivity index (χ3v) is 10.5. The van der Waals surface area contributed by atoms with E-state index in [1.54, 1.807) is 0 Å². The molecule has 2 heteroatoms. The zero-order chi connectivity index (χ0) is 20.7. The Morgan fingerprint density at radius 1 is 0.600 bits per heavy atom. The van der Waals surface area contributed by atoms with Crippen LogP contribution in [-0.2, 0) is 0 Å². The van der Waals surface area contributed by atoms with E-state index in [4.69, 9.17) is 0 Å². The van der Waals surface area contributed by atoms with Crippen molar-refractivity contribution in [3.63, 3.8) is 0 Å². The summed E-state index contributed by atoms with van der Waals surface area (Å²) in [4.78, 5) is 2.63. The molecule has 0 aromatic heterocycles. The summed E-state index contributed by atoms with van der Waals surface area (Å²) in [6.45, 7) is 2.23. The Hall–Kier alpha value is -2.60. The summed E-state index contributed by atoms with van der Waals surface area (Å²) < 4.78 is 0. The highest BCUT2D eigenvalue weighted by molar-refractivity contribution is 8.03. The van der Waals surface area contributed by atoms with Crippen molar-refractivity contribution in [3.05, 3.63) is 132 Å². The van der Waals surface area contributed by atoms with Gasteiger partial charge in [-0.05, 0) is 66.4 Å². The Morgan fingerprint density at radius 2 is 0.967 bits per heavy atom. The lowest BCUT2D eigenvalue weighted by molar-refractivity contribution is 1.46. The molecule has 0 aliphatic rings. The van der Waals surface area contributed by atoms with E-state index in [0.29, 0.717) is 0 Å². The van der Waals surface area contributed by atoms with E-state index in [9.17, 15) is 0 Å². The summed E-state index contributed by atoms with van der Waals surface area (Å²) in [7, 11) is -1.80. The summed E-state index contributed by atoms with van der Waals surface area (Å²) in [6, 6.07) is 43.8. The maximum atomic E-state index is 2.44. The van der Waals surface area contributed by atoms with E-state index in [0.717, 1.165) is 6.16 Å². The van der Waals surface area contributed by atoms with Gasteiger partial charge in [0.2, 0.25) is 0 Å². The molecule has 0 heterocycles. The van der Waals surface area contributed by atoms with Crippen LogP contribution in [0.3, 0.4) is 0 Å².